The maximum absolute atomic E-state index is 8.82. The minimum absolute atomic E-state index is 0.158. The number of hydrogen-bond donors (Lipinski definition) is 1. The summed E-state index contributed by atoms with van der Waals surface area (Å²) >= 11 is 0. The lowest BCUT2D eigenvalue weighted by Crippen LogP contribution is -1.52. The van der Waals surface area contributed by atoms with Gasteiger partial charge in [-0.3, -0.25) is 8.93 Å². The molecule has 3 nitrogen and oxygen atoms in total. The molecule has 0 bridgehead atoms. The Labute approximate surface area is 53.4 Å². The number of rotatable bonds is 0. The highest BCUT2D eigenvalue weighted by Crippen LogP contribution is 2.06. The van der Waals surface area contributed by atoms with Gasteiger partial charge in [-0.25, -0.2) is 0 Å². The minimum atomic E-state index is 0.158. The lowest BCUT2D eigenvalue weighted by atomic mass is 10.5. The zero-order valence-electron chi connectivity index (χ0n) is 4.52. The number of hydrogen-bond acceptors (Lipinski definition) is 3. The second-order valence-corrected chi connectivity index (χ2v) is 1.98. The molecule has 0 aliphatic heterocycles. The van der Waals surface area contributed by atoms with Crippen molar-refractivity contribution in [3.05, 3.63) is 24.2 Å². The molecule has 1 N–H and O–H groups in total. The van der Waals surface area contributed by atoms with E-state index in [4.69, 9.17) is 5.11 Å². The Morgan fingerprint density at radius 3 is 3.22 bits per heavy atom. The Bertz CT molecular complexity index is 194. The highest BCUT2D eigenvalue weighted by atomic mass is 31.1. The fourth-order valence-corrected chi connectivity index (χ4v) is 0.697. The molecule has 0 radical (unpaired) electrons. The SMILES string of the molecule is Oc1ccoopcc1. The van der Waals surface area contributed by atoms with E-state index >= 15 is 0 Å². The highest BCUT2D eigenvalue weighted by Gasteiger charge is 1.75. The molecule has 1 aromatic heterocycles. The summed E-state index contributed by atoms with van der Waals surface area (Å²) in [5.41, 5.74) is 0. The van der Waals surface area contributed by atoms with Crippen molar-refractivity contribution in [2.45, 2.75) is 0 Å². The third-order valence-corrected chi connectivity index (χ3v) is 1.13. The van der Waals surface area contributed by atoms with E-state index in [0.717, 1.165) is 0 Å². The molecule has 0 spiro atoms. The summed E-state index contributed by atoms with van der Waals surface area (Å²) < 4.78 is 8.92. The molecular weight excluding hydrogens is 139 g/mol. The predicted octanol–water partition coefficient (Wildman–Crippen LogP) is 2.28. The summed E-state index contributed by atoms with van der Waals surface area (Å²) in [4.78, 5) is 0. The average Bonchev–Trinajstić information content (AvgIpc) is 1.79. The van der Waals surface area contributed by atoms with Crippen molar-refractivity contribution >= 4 is 8.43 Å². The van der Waals surface area contributed by atoms with E-state index in [1.165, 1.54) is 18.4 Å². The van der Waals surface area contributed by atoms with E-state index in [0.29, 0.717) is 8.43 Å². The van der Waals surface area contributed by atoms with Gasteiger partial charge in [0.15, 0.2) is 8.43 Å². The van der Waals surface area contributed by atoms with Crippen LogP contribution in [0.25, 0.3) is 0 Å². The monoisotopic (exact) mass is 144 g/mol. The molecule has 1 aromatic rings. The van der Waals surface area contributed by atoms with E-state index in [-0.39, 0.29) is 5.75 Å². The highest BCUT2D eigenvalue weighted by molar-refractivity contribution is 7.21. The normalized spacial score (nSPS) is 9.33. The van der Waals surface area contributed by atoms with Crippen molar-refractivity contribution in [1.82, 2.24) is 0 Å². The molecule has 1 heterocycles. The van der Waals surface area contributed by atoms with E-state index in [9.17, 15) is 0 Å². The average molecular weight is 144 g/mol. The maximum Gasteiger partial charge on any atom is 0.184 e. The largest absolute Gasteiger partial charge is 0.508 e. The van der Waals surface area contributed by atoms with Gasteiger partial charge in [-0.05, 0) is 6.07 Å². The Morgan fingerprint density at radius 2 is 2.33 bits per heavy atom. The van der Waals surface area contributed by atoms with Crippen LogP contribution >= 0.6 is 8.43 Å². The van der Waals surface area contributed by atoms with Crippen LogP contribution in [0.3, 0.4) is 0 Å². The molecule has 0 saturated heterocycles. The van der Waals surface area contributed by atoms with Crippen LogP contribution in [0.2, 0.25) is 0 Å². The third kappa shape index (κ3) is 2.20. The first kappa shape index (κ1) is 6.17. The second kappa shape index (κ2) is 3.15. The zero-order valence-corrected chi connectivity index (χ0v) is 5.41. The first-order chi connectivity index (χ1) is 4.39. The smallest absolute Gasteiger partial charge is 0.184 e. The van der Waals surface area contributed by atoms with Crippen molar-refractivity contribution in [2.24, 2.45) is 0 Å². The van der Waals surface area contributed by atoms with Gasteiger partial charge in [0, 0.05) is 11.9 Å². The first-order valence-corrected chi connectivity index (χ1v) is 3.19. The van der Waals surface area contributed by atoms with Crippen LogP contribution in [-0.2, 0) is 0 Å². The Morgan fingerprint density at radius 1 is 1.44 bits per heavy atom. The van der Waals surface area contributed by atoms with E-state index in [2.05, 4.69) is 8.93 Å². The fraction of sp³-hybridized carbons (Fsp3) is 0. The summed E-state index contributed by atoms with van der Waals surface area (Å²) in [5.74, 6) is 1.78. The van der Waals surface area contributed by atoms with Gasteiger partial charge in [0.1, 0.15) is 12.0 Å². The molecule has 1 rings (SSSR count). The standard InChI is InChI=1S/C5H5O3P/c6-5-1-3-7-8-9-4-2-5/h1-4,6H. The van der Waals surface area contributed by atoms with E-state index in [1.807, 2.05) is 0 Å². The van der Waals surface area contributed by atoms with Gasteiger partial charge >= 0.3 is 0 Å². The van der Waals surface area contributed by atoms with Crippen LogP contribution in [0.15, 0.2) is 33.1 Å². The molecular formula is C5H5O3P. The van der Waals surface area contributed by atoms with Crippen molar-refractivity contribution in [3.63, 3.8) is 0 Å². The molecule has 4 heteroatoms. The molecule has 0 unspecified atom stereocenters. The molecule has 0 amide bonds. The van der Waals surface area contributed by atoms with Gasteiger partial charge in [0.25, 0.3) is 0 Å². The van der Waals surface area contributed by atoms with Crippen molar-refractivity contribution in [3.8, 4) is 5.75 Å². The van der Waals surface area contributed by atoms with Gasteiger partial charge in [0.2, 0.25) is 0 Å². The summed E-state index contributed by atoms with van der Waals surface area (Å²) in [6.07, 6.45) is 1.27. The summed E-state index contributed by atoms with van der Waals surface area (Å²) in [6.45, 7) is 0. The van der Waals surface area contributed by atoms with Crippen LogP contribution in [0.1, 0.15) is 0 Å². The lowest BCUT2D eigenvalue weighted by molar-refractivity contribution is 0.101. The fourth-order valence-electron chi connectivity index (χ4n) is 0.334. The van der Waals surface area contributed by atoms with Crippen LogP contribution in [-0.4, -0.2) is 5.11 Å². The molecule has 0 aromatic carbocycles. The molecule has 0 atom stereocenters. The van der Waals surface area contributed by atoms with E-state index < -0.39 is 0 Å². The number of aromatic hydroxyl groups is 1. The Balaban J connectivity index is 3.08. The van der Waals surface area contributed by atoms with Crippen molar-refractivity contribution in [2.75, 3.05) is 0 Å². The van der Waals surface area contributed by atoms with Crippen molar-refractivity contribution in [1.29, 1.82) is 0 Å². The van der Waals surface area contributed by atoms with Crippen LogP contribution < -0.4 is 0 Å². The minimum Gasteiger partial charge on any atom is -0.508 e. The van der Waals surface area contributed by atoms with Crippen LogP contribution in [0.5, 0.6) is 5.75 Å². The molecule has 0 fully saturated rings. The summed E-state index contributed by atoms with van der Waals surface area (Å²) in [6, 6.07) is 2.92. The third-order valence-electron chi connectivity index (χ3n) is 0.687. The predicted molar refractivity (Wildman–Crippen MR) is 32.8 cm³/mol. The molecule has 0 aliphatic carbocycles. The van der Waals surface area contributed by atoms with Gasteiger partial charge in [-0.2, -0.15) is 0 Å². The summed E-state index contributed by atoms with van der Waals surface area (Å²) in [7, 11) is 0.570. The molecule has 0 saturated carbocycles. The quantitative estimate of drug-likeness (QED) is 0.568. The van der Waals surface area contributed by atoms with Gasteiger partial charge < -0.3 is 5.11 Å². The molecule has 0 aliphatic rings. The molecule has 9 heavy (non-hydrogen) atoms. The van der Waals surface area contributed by atoms with Crippen LogP contribution in [0.4, 0.5) is 0 Å². The first-order valence-electron chi connectivity index (χ1n) is 2.31. The lowest BCUT2D eigenvalue weighted by Gasteiger charge is -1.79. The van der Waals surface area contributed by atoms with Gasteiger partial charge in [-0.15, -0.1) is 0 Å². The van der Waals surface area contributed by atoms with Gasteiger partial charge in [-0.1, -0.05) is 0 Å². The van der Waals surface area contributed by atoms with E-state index in [1.54, 1.807) is 5.80 Å². The van der Waals surface area contributed by atoms with Crippen LogP contribution in [0, 0.1) is 0 Å². The molecule has 48 valence electrons. The van der Waals surface area contributed by atoms with Crippen molar-refractivity contribution < 1.29 is 14.0 Å². The Kier molecular flexibility index (Phi) is 2.16. The summed E-state index contributed by atoms with van der Waals surface area (Å²) in [5, 5.41) is 8.82. The topological polar surface area (TPSA) is 46.5 Å². The maximum atomic E-state index is 8.82. The Hall–Kier alpha value is -0.950. The zero-order chi connectivity index (χ0) is 6.53. The second-order valence-electron chi connectivity index (χ2n) is 1.32. The van der Waals surface area contributed by atoms with Gasteiger partial charge in [0.05, 0.1) is 0 Å².